The summed E-state index contributed by atoms with van der Waals surface area (Å²) in [6, 6.07) is 1.03. The number of aliphatic carboxylic acids is 1. The quantitative estimate of drug-likeness (QED) is 0.912. The molecule has 21 heavy (non-hydrogen) atoms. The maximum atomic E-state index is 13.7. The molecule has 0 saturated carbocycles. The van der Waals surface area contributed by atoms with Crippen molar-refractivity contribution in [2.45, 2.75) is 37.8 Å². The van der Waals surface area contributed by atoms with E-state index in [1.165, 1.54) is 12.3 Å². The number of pyridine rings is 1. The molecule has 1 aromatic heterocycles. The zero-order chi connectivity index (χ0) is 15.8. The Bertz CT molecular complexity index is 660. The Morgan fingerprint density at radius 1 is 1.52 bits per heavy atom. The molecule has 116 valence electrons. The Morgan fingerprint density at radius 3 is 2.76 bits per heavy atom. The van der Waals surface area contributed by atoms with E-state index in [0.717, 1.165) is 10.4 Å². The summed E-state index contributed by atoms with van der Waals surface area (Å²) in [5, 5.41) is 8.68. The van der Waals surface area contributed by atoms with Gasteiger partial charge in [0.2, 0.25) is 5.03 Å². The summed E-state index contributed by atoms with van der Waals surface area (Å²) in [6.07, 6.45) is 2.27. The second-order valence-electron chi connectivity index (χ2n) is 5.74. The average molecular weight is 316 g/mol. The Kier molecular flexibility index (Phi) is 4.03. The van der Waals surface area contributed by atoms with Crippen LogP contribution in [-0.2, 0) is 14.8 Å². The lowest BCUT2D eigenvalue weighted by Crippen LogP contribution is -2.56. The topological polar surface area (TPSA) is 87.6 Å². The molecule has 0 radical (unpaired) electrons. The zero-order valence-electron chi connectivity index (χ0n) is 11.8. The van der Waals surface area contributed by atoms with Gasteiger partial charge >= 0.3 is 5.97 Å². The van der Waals surface area contributed by atoms with Gasteiger partial charge in [-0.05, 0) is 30.4 Å². The molecule has 1 atom stereocenters. The van der Waals surface area contributed by atoms with E-state index in [-0.39, 0.29) is 6.54 Å². The second kappa shape index (κ2) is 5.34. The van der Waals surface area contributed by atoms with Gasteiger partial charge in [0.1, 0.15) is 6.04 Å². The Balaban J connectivity index is 2.52. The fourth-order valence-corrected chi connectivity index (χ4v) is 4.49. The number of carboxylic acid groups (broad SMARTS) is 1. The summed E-state index contributed by atoms with van der Waals surface area (Å²) in [7, 11) is -4.29. The maximum absolute atomic E-state index is 13.7. The minimum atomic E-state index is -4.29. The summed E-state index contributed by atoms with van der Waals surface area (Å²) in [5.74, 6) is -2.22. The number of aromatic nitrogens is 1. The first kappa shape index (κ1) is 15.8. The number of carboxylic acids is 1. The summed E-state index contributed by atoms with van der Waals surface area (Å²) in [5.41, 5.74) is -0.734. The molecule has 1 unspecified atom stereocenters. The first-order valence-corrected chi connectivity index (χ1v) is 7.97. The lowest BCUT2D eigenvalue weighted by Gasteiger charge is -2.42. The molecule has 6 nitrogen and oxygen atoms in total. The van der Waals surface area contributed by atoms with E-state index >= 15 is 0 Å². The van der Waals surface area contributed by atoms with Crippen LogP contribution in [0.1, 0.15) is 26.7 Å². The van der Waals surface area contributed by atoms with E-state index < -0.39 is 38.3 Å². The smallest absolute Gasteiger partial charge is 0.322 e. The first-order chi connectivity index (χ1) is 9.68. The molecule has 0 aromatic carbocycles. The van der Waals surface area contributed by atoms with Gasteiger partial charge in [0, 0.05) is 12.7 Å². The van der Waals surface area contributed by atoms with Crippen molar-refractivity contribution >= 4 is 16.0 Å². The number of halogens is 1. The van der Waals surface area contributed by atoms with Gasteiger partial charge < -0.3 is 5.11 Å². The van der Waals surface area contributed by atoms with Crippen LogP contribution < -0.4 is 0 Å². The van der Waals surface area contributed by atoms with Crippen LogP contribution in [-0.4, -0.2) is 41.4 Å². The lowest BCUT2D eigenvalue weighted by molar-refractivity contribution is -0.147. The van der Waals surface area contributed by atoms with Crippen LogP contribution in [0.5, 0.6) is 0 Å². The standard InChI is InChI=1S/C13H17FN2O4S/c1-13(2)6-4-8-16(10(13)12(17)18)21(19,20)11-9(14)5-3-7-15-11/h3,5,7,10H,4,6,8H2,1-2H3,(H,17,18). The van der Waals surface area contributed by atoms with Crippen LogP contribution in [0.25, 0.3) is 0 Å². The largest absolute Gasteiger partial charge is 0.480 e. The molecule has 1 N–H and O–H groups in total. The van der Waals surface area contributed by atoms with E-state index in [1.807, 2.05) is 0 Å². The third-order valence-electron chi connectivity index (χ3n) is 3.74. The number of hydrogen-bond acceptors (Lipinski definition) is 4. The van der Waals surface area contributed by atoms with Crippen molar-refractivity contribution in [3.8, 4) is 0 Å². The maximum Gasteiger partial charge on any atom is 0.322 e. The Labute approximate surface area is 122 Å². The molecule has 0 aliphatic carbocycles. The molecule has 0 bridgehead atoms. The number of carbonyl (C=O) groups is 1. The molecule has 0 spiro atoms. The predicted molar refractivity (Wildman–Crippen MR) is 72.5 cm³/mol. The highest BCUT2D eigenvalue weighted by Crippen LogP contribution is 2.38. The average Bonchev–Trinajstić information content (AvgIpc) is 2.37. The van der Waals surface area contributed by atoms with Crippen LogP contribution in [0, 0.1) is 11.2 Å². The van der Waals surface area contributed by atoms with E-state index in [0.29, 0.717) is 12.8 Å². The van der Waals surface area contributed by atoms with Gasteiger partial charge in [-0.15, -0.1) is 0 Å². The van der Waals surface area contributed by atoms with Crippen molar-refractivity contribution in [1.82, 2.24) is 9.29 Å². The molecule has 1 fully saturated rings. The van der Waals surface area contributed by atoms with E-state index in [2.05, 4.69) is 4.98 Å². The van der Waals surface area contributed by atoms with Crippen LogP contribution in [0.3, 0.4) is 0 Å². The predicted octanol–water partition coefficient (Wildman–Crippen LogP) is 1.48. The minimum Gasteiger partial charge on any atom is -0.480 e. The fourth-order valence-electron chi connectivity index (χ4n) is 2.73. The zero-order valence-corrected chi connectivity index (χ0v) is 12.6. The number of piperidine rings is 1. The summed E-state index contributed by atoms with van der Waals surface area (Å²) in [4.78, 5) is 15.1. The monoisotopic (exact) mass is 316 g/mol. The van der Waals surface area contributed by atoms with Gasteiger partial charge in [-0.1, -0.05) is 13.8 Å². The molecule has 2 heterocycles. The van der Waals surface area contributed by atoms with Crippen LogP contribution >= 0.6 is 0 Å². The molecule has 1 aliphatic rings. The lowest BCUT2D eigenvalue weighted by atomic mass is 9.77. The number of hydrogen-bond donors (Lipinski definition) is 1. The van der Waals surface area contributed by atoms with Crippen molar-refractivity contribution in [2.24, 2.45) is 5.41 Å². The molecule has 1 aliphatic heterocycles. The molecular formula is C13H17FN2O4S. The fraction of sp³-hybridized carbons (Fsp3) is 0.538. The Morgan fingerprint density at radius 2 is 2.19 bits per heavy atom. The highest BCUT2D eigenvalue weighted by atomic mass is 32.2. The van der Waals surface area contributed by atoms with Gasteiger partial charge in [0.15, 0.2) is 5.82 Å². The summed E-state index contributed by atoms with van der Waals surface area (Å²) >= 11 is 0. The van der Waals surface area contributed by atoms with Gasteiger partial charge in [0.05, 0.1) is 0 Å². The Hall–Kier alpha value is -1.54. The van der Waals surface area contributed by atoms with Gasteiger partial charge in [-0.2, -0.15) is 4.31 Å². The SMILES string of the molecule is CC1(C)CCCN(S(=O)(=O)c2ncccc2F)C1C(=O)O. The summed E-state index contributed by atoms with van der Waals surface area (Å²) < 4.78 is 39.7. The van der Waals surface area contributed by atoms with Gasteiger partial charge in [-0.25, -0.2) is 17.8 Å². The van der Waals surface area contributed by atoms with E-state index in [9.17, 15) is 22.7 Å². The third-order valence-corrected chi connectivity index (χ3v) is 5.54. The van der Waals surface area contributed by atoms with Crippen LogP contribution in [0.4, 0.5) is 4.39 Å². The van der Waals surface area contributed by atoms with Crippen molar-refractivity contribution in [3.05, 3.63) is 24.1 Å². The van der Waals surface area contributed by atoms with E-state index in [1.54, 1.807) is 13.8 Å². The van der Waals surface area contributed by atoms with E-state index in [4.69, 9.17) is 0 Å². The molecule has 0 amide bonds. The number of rotatable bonds is 3. The van der Waals surface area contributed by atoms with Gasteiger partial charge in [0.25, 0.3) is 10.0 Å². The normalized spacial score (nSPS) is 22.9. The molecule has 1 saturated heterocycles. The number of sulfonamides is 1. The highest BCUT2D eigenvalue weighted by molar-refractivity contribution is 7.89. The van der Waals surface area contributed by atoms with Crippen LogP contribution in [0.15, 0.2) is 23.4 Å². The third kappa shape index (κ3) is 2.77. The molecular weight excluding hydrogens is 299 g/mol. The van der Waals surface area contributed by atoms with Crippen molar-refractivity contribution < 1.29 is 22.7 Å². The van der Waals surface area contributed by atoms with Crippen molar-refractivity contribution in [3.63, 3.8) is 0 Å². The first-order valence-electron chi connectivity index (χ1n) is 6.53. The minimum absolute atomic E-state index is 0.0404. The van der Waals surface area contributed by atoms with Crippen LogP contribution in [0.2, 0.25) is 0 Å². The molecule has 2 rings (SSSR count). The highest BCUT2D eigenvalue weighted by Gasteiger charge is 2.48. The molecule has 1 aromatic rings. The molecule has 8 heteroatoms. The number of nitrogens with zero attached hydrogens (tertiary/aromatic N) is 2. The van der Waals surface area contributed by atoms with Crippen molar-refractivity contribution in [2.75, 3.05) is 6.54 Å². The summed E-state index contributed by atoms with van der Waals surface area (Å²) in [6.45, 7) is 3.43. The van der Waals surface area contributed by atoms with Crippen molar-refractivity contribution in [1.29, 1.82) is 0 Å². The van der Waals surface area contributed by atoms with Gasteiger partial charge in [-0.3, -0.25) is 4.79 Å². The second-order valence-corrected chi connectivity index (χ2v) is 7.54.